The van der Waals surface area contributed by atoms with Gasteiger partial charge in [-0.15, -0.1) is 0 Å². The van der Waals surface area contributed by atoms with Crippen LogP contribution in [0, 0.1) is 12.8 Å². The largest absolute Gasteiger partial charge is 0.483 e. The van der Waals surface area contributed by atoms with E-state index in [1.165, 1.54) is 0 Å². The minimum Gasteiger partial charge on any atom is -0.483 e. The van der Waals surface area contributed by atoms with Crippen LogP contribution in [-0.2, 0) is 9.59 Å². The number of rotatable bonds is 5. The summed E-state index contributed by atoms with van der Waals surface area (Å²) in [6.45, 7) is 2.92. The quantitative estimate of drug-likeness (QED) is 0.906. The molecule has 1 unspecified atom stereocenters. The SMILES string of the molecule is Cc1cc(Cl)ccc1OCC(=O)N1CCC(CC(=O)O)C1. The number of aryl methyl sites for hydroxylation is 1. The molecule has 1 atom stereocenters. The molecule has 5 nitrogen and oxygen atoms in total. The predicted octanol–water partition coefficient (Wildman–Crippen LogP) is 2.35. The van der Waals surface area contributed by atoms with Crippen LogP contribution in [0.1, 0.15) is 18.4 Å². The highest BCUT2D eigenvalue weighted by molar-refractivity contribution is 6.30. The first kappa shape index (κ1) is 15.6. The number of carboxylic acid groups (broad SMARTS) is 1. The van der Waals surface area contributed by atoms with Gasteiger partial charge in [-0.2, -0.15) is 0 Å². The van der Waals surface area contributed by atoms with Crippen molar-refractivity contribution in [3.8, 4) is 5.75 Å². The third-order valence-corrected chi connectivity index (χ3v) is 3.83. The number of hydrogen-bond donors (Lipinski definition) is 1. The number of carbonyl (C=O) groups is 2. The summed E-state index contributed by atoms with van der Waals surface area (Å²) in [6.07, 6.45) is 0.846. The zero-order valence-electron chi connectivity index (χ0n) is 11.8. The summed E-state index contributed by atoms with van der Waals surface area (Å²) in [5, 5.41) is 9.39. The van der Waals surface area contributed by atoms with Gasteiger partial charge >= 0.3 is 5.97 Å². The van der Waals surface area contributed by atoms with Gasteiger partial charge in [-0.3, -0.25) is 9.59 Å². The molecule has 0 saturated carbocycles. The van der Waals surface area contributed by atoms with Crippen molar-refractivity contribution in [2.45, 2.75) is 19.8 Å². The van der Waals surface area contributed by atoms with E-state index >= 15 is 0 Å². The van der Waals surface area contributed by atoms with Gasteiger partial charge in [0.1, 0.15) is 5.75 Å². The number of aliphatic carboxylic acids is 1. The normalized spacial score (nSPS) is 17.8. The number of carbonyl (C=O) groups excluding carboxylic acids is 1. The molecule has 1 heterocycles. The molecule has 0 spiro atoms. The number of nitrogens with zero attached hydrogens (tertiary/aromatic N) is 1. The molecule has 1 aliphatic heterocycles. The van der Waals surface area contributed by atoms with Crippen LogP contribution in [-0.4, -0.2) is 41.6 Å². The lowest BCUT2D eigenvalue weighted by atomic mass is 10.1. The lowest BCUT2D eigenvalue weighted by Crippen LogP contribution is -2.33. The van der Waals surface area contributed by atoms with Crippen molar-refractivity contribution in [2.75, 3.05) is 19.7 Å². The van der Waals surface area contributed by atoms with Gasteiger partial charge in [0.25, 0.3) is 5.91 Å². The van der Waals surface area contributed by atoms with Gasteiger partial charge in [-0.25, -0.2) is 0 Å². The van der Waals surface area contributed by atoms with Crippen LogP contribution in [0.4, 0.5) is 0 Å². The van der Waals surface area contributed by atoms with Gasteiger partial charge in [-0.05, 0) is 43.0 Å². The zero-order chi connectivity index (χ0) is 15.4. The molecule has 0 aromatic heterocycles. The Labute approximate surface area is 128 Å². The van der Waals surface area contributed by atoms with E-state index in [-0.39, 0.29) is 24.9 Å². The molecule has 1 aromatic carbocycles. The Hall–Kier alpha value is -1.75. The fourth-order valence-electron chi connectivity index (χ4n) is 2.48. The fraction of sp³-hybridized carbons (Fsp3) is 0.467. The maximum absolute atomic E-state index is 12.1. The lowest BCUT2D eigenvalue weighted by Gasteiger charge is -2.17. The first-order chi connectivity index (χ1) is 9.95. The van der Waals surface area contributed by atoms with E-state index in [9.17, 15) is 9.59 Å². The van der Waals surface area contributed by atoms with Crippen molar-refractivity contribution < 1.29 is 19.4 Å². The summed E-state index contributed by atoms with van der Waals surface area (Å²) in [5.41, 5.74) is 0.875. The standard InChI is InChI=1S/C15H18ClNO4/c1-10-6-12(16)2-3-13(10)21-9-14(18)17-5-4-11(8-17)7-15(19)20/h2-3,6,11H,4-5,7-9H2,1H3,(H,19,20). The minimum atomic E-state index is -0.817. The highest BCUT2D eigenvalue weighted by atomic mass is 35.5. The number of ether oxygens (including phenoxy) is 1. The number of carboxylic acids is 1. The van der Waals surface area contributed by atoms with E-state index in [0.29, 0.717) is 23.9 Å². The highest BCUT2D eigenvalue weighted by Crippen LogP contribution is 2.23. The van der Waals surface area contributed by atoms with Crippen LogP contribution < -0.4 is 4.74 Å². The van der Waals surface area contributed by atoms with E-state index in [1.807, 2.05) is 6.92 Å². The molecular formula is C15H18ClNO4. The van der Waals surface area contributed by atoms with Gasteiger partial charge in [0, 0.05) is 24.5 Å². The van der Waals surface area contributed by atoms with E-state index in [4.69, 9.17) is 21.4 Å². The molecule has 1 aliphatic rings. The second kappa shape index (κ2) is 6.80. The van der Waals surface area contributed by atoms with Crippen molar-refractivity contribution in [2.24, 2.45) is 5.92 Å². The predicted molar refractivity (Wildman–Crippen MR) is 78.6 cm³/mol. The van der Waals surface area contributed by atoms with E-state index in [1.54, 1.807) is 23.1 Å². The number of benzene rings is 1. The van der Waals surface area contributed by atoms with Crippen molar-refractivity contribution in [3.05, 3.63) is 28.8 Å². The summed E-state index contributed by atoms with van der Waals surface area (Å²) in [6, 6.07) is 5.23. The Balaban J connectivity index is 1.84. The molecule has 0 aliphatic carbocycles. The molecule has 6 heteroatoms. The van der Waals surface area contributed by atoms with Crippen LogP contribution in [0.15, 0.2) is 18.2 Å². The van der Waals surface area contributed by atoms with Crippen molar-refractivity contribution in [1.29, 1.82) is 0 Å². The fourth-order valence-corrected chi connectivity index (χ4v) is 2.70. The Morgan fingerprint density at radius 1 is 1.48 bits per heavy atom. The van der Waals surface area contributed by atoms with Crippen LogP contribution in [0.3, 0.4) is 0 Å². The number of hydrogen-bond acceptors (Lipinski definition) is 3. The van der Waals surface area contributed by atoms with Crippen LogP contribution in [0.25, 0.3) is 0 Å². The lowest BCUT2D eigenvalue weighted by molar-refractivity contribution is -0.138. The van der Waals surface area contributed by atoms with Crippen molar-refractivity contribution in [3.63, 3.8) is 0 Å². The molecular weight excluding hydrogens is 294 g/mol. The number of likely N-dealkylation sites (tertiary alicyclic amines) is 1. The van der Waals surface area contributed by atoms with Crippen LogP contribution in [0.2, 0.25) is 5.02 Å². The second-order valence-corrected chi connectivity index (χ2v) is 5.73. The maximum atomic E-state index is 12.1. The van der Waals surface area contributed by atoms with Crippen molar-refractivity contribution in [1.82, 2.24) is 4.90 Å². The molecule has 21 heavy (non-hydrogen) atoms. The van der Waals surface area contributed by atoms with E-state index in [0.717, 1.165) is 12.0 Å². The number of halogens is 1. The monoisotopic (exact) mass is 311 g/mol. The molecule has 2 rings (SSSR count). The summed E-state index contributed by atoms with van der Waals surface area (Å²) >= 11 is 5.86. The summed E-state index contributed by atoms with van der Waals surface area (Å²) in [5.74, 6) is -0.252. The Morgan fingerprint density at radius 2 is 2.24 bits per heavy atom. The molecule has 1 saturated heterocycles. The Morgan fingerprint density at radius 3 is 2.90 bits per heavy atom. The van der Waals surface area contributed by atoms with Gasteiger partial charge in [0.15, 0.2) is 6.61 Å². The summed E-state index contributed by atoms with van der Waals surface area (Å²) in [7, 11) is 0. The van der Waals surface area contributed by atoms with Gasteiger partial charge in [0.05, 0.1) is 0 Å². The molecule has 1 fully saturated rings. The van der Waals surface area contributed by atoms with E-state index < -0.39 is 5.97 Å². The minimum absolute atomic E-state index is 0.0394. The molecule has 0 bridgehead atoms. The highest BCUT2D eigenvalue weighted by Gasteiger charge is 2.27. The molecule has 1 aromatic rings. The average Bonchev–Trinajstić information content (AvgIpc) is 2.85. The zero-order valence-corrected chi connectivity index (χ0v) is 12.6. The topological polar surface area (TPSA) is 66.8 Å². The van der Waals surface area contributed by atoms with Crippen molar-refractivity contribution >= 4 is 23.5 Å². The third-order valence-electron chi connectivity index (χ3n) is 3.59. The first-order valence-electron chi connectivity index (χ1n) is 6.84. The van der Waals surface area contributed by atoms with Gasteiger partial charge < -0.3 is 14.7 Å². The van der Waals surface area contributed by atoms with E-state index in [2.05, 4.69) is 0 Å². The molecule has 114 valence electrons. The Bertz CT molecular complexity index is 546. The third kappa shape index (κ3) is 4.36. The smallest absolute Gasteiger partial charge is 0.303 e. The average molecular weight is 312 g/mol. The Kier molecular flexibility index (Phi) is 5.07. The molecule has 1 amide bonds. The van der Waals surface area contributed by atoms with Crippen LogP contribution >= 0.6 is 11.6 Å². The number of amides is 1. The maximum Gasteiger partial charge on any atom is 0.303 e. The molecule has 0 radical (unpaired) electrons. The van der Waals surface area contributed by atoms with Crippen LogP contribution in [0.5, 0.6) is 5.75 Å². The first-order valence-corrected chi connectivity index (χ1v) is 7.22. The van der Waals surface area contributed by atoms with Gasteiger partial charge in [0.2, 0.25) is 0 Å². The van der Waals surface area contributed by atoms with Gasteiger partial charge in [-0.1, -0.05) is 11.6 Å². The summed E-state index contributed by atoms with van der Waals surface area (Å²) in [4.78, 5) is 24.4. The summed E-state index contributed by atoms with van der Waals surface area (Å²) < 4.78 is 5.52. The second-order valence-electron chi connectivity index (χ2n) is 5.29. The molecule has 1 N–H and O–H groups in total.